The Morgan fingerprint density at radius 3 is 1.78 bits per heavy atom. The first-order valence-electron chi connectivity index (χ1n) is 6.74. The molecular formula is C15H25NO2. The molecule has 3 heteroatoms. The van der Waals surface area contributed by atoms with Crippen LogP contribution in [0, 0.1) is 6.92 Å². The molecule has 1 rings (SSSR count). The Labute approximate surface area is 110 Å². The van der Waals surface area contributed by atoms with Crippen molar-refractivity contribution >= 4 is 5.69 Å². The van der Waals surface area contributed by atoms with Gasteiger partial charge >= 0.3 is 0 Å². The molecule has 0 bridgehead atoms. The van der Waals surface area contributed by atoms with Crippen molar-refractivity contribution in [2.45, 2.75) is 45.8 Å². The van der Waals surface area contributed by atoms with Crippen LogP contribution in [-0.2, 0) is 0 Å². The van der Waals surface area contributed by atoms with Crippen LogP contribution in [-0.4, -0.2) is 35.5 Å². The van der Waals surface area contributed by atoms with Gasteiger partial charge in [0.15, 0.2) is 0 Å². The fourth-order valence-corrected chi connectivity index (χ4v) is 1.81. The van der Waals surface area contributed by atoms with Crippen molar-refractivity contribution in [2.24, 2.45) is 0 Å². The smallest absolute Gasteiger partial charge is 0.0712 e. The summed E-state index contributed by atoms with van der Waals surface area (Å²) in [7, 11) is 0. The summed E-state index contributed by atoms with van der Waals surface area (Å²) in [6.07, 6.45) is 0.750. The molecule has 2 N–H and O–H groups in total. The molecule has 18 heavy (non-hydrogen) atoms. The third kappa shape index (κ3) is 4.67. The maximum atomic E-state index is 9.81. The molecule has 0 amide bonds. The molecule has 102 valence electrons. The zero-order chi connectivity index (χ0) is 13.5. The van der Waals surface area contributed by atoms with Gasteiger partial charge in [0.2, 0.25) is 0 Å². The van der Waals surface area contributed by atoms with Gasteiger partial charge in [0, 0.05) is 18.8 Å². The molecule has 0 fully saturated rings. The average Bonchev–Trinajstić information content (AvgIpc) is 2.38. The third-order valence-electron chi connectivity index (χ3n) is 3.20. The van der Waals surface area contributed by atoms with Gasteiger partial charge in [0.25, 0.3) is 0 Å². The van der Waals surface area contributed by atoms with E-state index in [0.29, 0.717) is 13.1 Å². The highest BCUT2D eigenvalue weighted by atomic mass is 16.3. The SMILES string of the molecule is CCC(O)CN(CC(O)CC)c1ccc(C)cc1. The maximum Gasteiger partial charge on any atom is 0.0712 e. The fraction of sp³-hybridized carbons (Fsp3) is 0.600. The van der Waals surface area contributed by atoms with E-state index in [4.69, 9.17) is 0 Å². The average molecular weight is 251 g/mol. The number of anilines is 1. The second-order valence-electron chi connectivity index (χ2n) is 4.86. The van der Waals surface area contributed by atoms with Crippen LogP contribution in [0.4, 0.5) is 5.69 Å². The molecule has 2 unspecified atom stereocenters. The molecule has 0 heterocycles. The number of rotatable bonds is 7. The first-order chi connectivity index (χ1) is 8.56. The van der Waals surface area contributed by atoms with E-state index in [1.54, 1.807) is 0 Å². The van der Waals surface area contributed by atoms with Gasteiger partial charge in [-0.3, -0.25) is 0 Å². The Bertz CT molecular complexity index is 325. The predicted molar refractivity (Wildman–Crippen MR) is 76.0 cm³/mol. The monoisotopic (exact) mass is 251 g/mol. The molecule has 0 saturated heterocycles. The van der Waals surface area contributed by atoms with Gasteiger partial charge in [-0.15, -0.1) is 0 Å². The lowest BCUT2D eigenvalue weighted by Gasteiger charge is -2.29. The van der Waals surface area contributed by atoms with E-state index >= 15 is 0 Å². The second kappa shape index (κ2) is 7.39. The van der Waals surface area contributed by atoms with E-state index in [1.807, 2.05) is 26.0 Å². The number of hydrogen-bond acceptors (Lipinski definition) is 3. The van der Waals surface area contributed by atoms with E-state index in [2.05, 4.69) is 24.0 Å². The van der Waals surface area contributed by atoms with Crippen LogP contribution >= 0.6 is 0 Å². The maximum absolute atomic E-state index is 9.81. The molecule has 0 saturated carbocycles. The summed E-state index contributed by atoms with van der Waals surface area (Å²) in [6, 6.07) is 8.19. The second-order valence-corrected chi connectivity index (χ2v) is 4.86. The first-order valence-corrected chi connectivity index (χ1v) is 6.74. The predicted octanol–water partition coefficient (Wildman–Crippen LogP) is 2.34. The summed E-state index contributed by atoms with van der Waals surface area (Å²) < 4.78 is 0. The molecule has 0 aliphatic carbocycles. The number of benzene rings is 1. The van der Waals surface area contributed by atoms with Gasteiger partial charge in [0.05, 0.1) is 12.2 Å². The number of nitrogens with zero attached hydrogens (tertiary/aromatic N) is 1. The summed E-state index contributed by atoms with van der Waals surface area (Å²) in [5.41, 5.74) is 2.27. The summed E-state index contributed by atoms with van der Waals surface area (Å²) in [6.45, 7) is 7.12. The largest absolute Gasteiger partial charge is 0.391 e. The zero-order valence-corrected chi connectivity index (χ0v) is 11.6. The van der Waals surface area contributed by atoms with E-state index in [1.165, 1.54) is 5.56 Å². The number of aryl methyl sites for hydroxylation is 1. The highest BCUT2D eigenvalue weighted by molar-refractivity contribution is 5.47. The van der Waals surface area contributed by atoms with Crippen LogP contribution in [0.2, 0.25) is 0 Å². The highest BCUT2D eigenvalue weighted by Crippen LogP contribution is 2.17. The molecule has 1 aromatic carbocycles. The molecule has 0 aliphatic heterocycles. The number of aliphatic hydroxyl groups excluding tert-OH is 2. The zero-order valence-electron chi connectivity index (χ0n) is 11.6. The van der Waals surface area contributed by atoms with Crippen LogP contribution in [0.5, 0.6) is 0 Å². The topological polar surface area (TPSA) is 43.7 Å². The van der Waals surface area contributed by atoms with Crippen molar-refractivity contribution in [2.75, 3.05) is 18.0 Å². The summed E-state index contributed by atoms with van der Waals surface area (Å²) >= 11 is 0. The van der Waals surface area contributed by atoms with Gasteiger partial charge in [-0.1, -0.05) is 31.5 Å². The van der Waals surface area contributed by atoms with Crippen molar-refractivity contribution < 1.29 is 10.2 Å². The highest BCUT2D eigenvalue weighted by Gasteiger charge is 2.14. The molecule has 0 radical (unpaired) electrons. The molecule has 0 aromatic heterocycles. The molecule has 2 atom stereocenters. The van der Waals surface area contributed by atoms with Crippen LogP contribution in [0.1, 0.15) is 32.3 Å². The van der Waals surface area contributed by atoms with Crippen molar-refractivity contribution in [1.29, 1.82) is 0 Å². The Morgan fingerprint density at radius 1 is 0.944 bits per heavy atom. The lowest BCUT2D eigenvalue weighted by molar-refractivity contribution is 0.154. The summed E-state index contributed by atoms with van der Waals surface area (Å²) in [4.78, 5) is 2.06. The lowest BCUT2D eigenvalue weighted by Crippen LogP contribution is -2.37. The van der Waals surface area contributed by atoms with E-state index < -0.39 is 0 Å². The van der Waals surface area contributed by atoms with Crippen LogP contribution in [0.15, 0.2) is 24.3 Å². The molecular weight excluding hydrogens is 226 g/mol. The Hall–Kier alpha value is -1.06. The number of aliphatic hydroxyl groups is 2. The van der Waals surface area contributed by atoms with Crippen molar-refractivity contribution in [1.82, 2.24) is 0 Å². The van der Waals surface area contributed by atoms with Gasteiger partial charge in [0.1, 0.15) is 0 Å². The van der Waals surface area contributed by atoms with Crippen LogP contribution in [0.25, 0.3) is 0 Å². The molecule has 0 aliphatic rings. The minimum atomic E-state index is -0.352. The van der Waals surface area contributed by atoms with Gasteiger partial charge < -0.3 is 15.1 Å². The van der Waals surface area contributed by atoms with Gasteiger partial charge in [-0.2, -0.15) is 0 Å². The normalized spacial score (nSPS) is 14.3. The van der Waals surface area contributed by atoms with Crippen molar-refractivity contribution in [3.63, 3.8) is 0 Å². The summed E-state index contributed by atoms with van der Waals surface area (Å²) in [5, 5.41) is 19.6. The Kier molecular flexibility index (Phi) is 6.16. The standard InChI is InChI=1S/C15H25NO2/c1-4-14(17)10-16(11-15(18)5-2)13-8-6-12(3)7-9-13/h6-9,14-15,17-18H,4-5,10-11H2,1-3H3. The minimum Gasteiger partial charge on any atom is -0.391 e. The van der Waals surface area contributed by atoms with Crippen molar-refractivity contribution in [3.8, 4) is 0 Å². The Morgan fingerprint density at radius 2 is 1.39 bits per heavy atom. The molecule has 3 nitrogen and oxygen atoms in total. The third-order valence-corrected chi connectivity index (χ3v) is 3.20. The van der Waals surface area contributed by atoms with Crippen molar-refractivity contribution in [3.05, 3.63) is 29.8 Å². The molecule has 0 spiro atoms. The quantitative estimate of drug-likeness (QED) is 0.782. The fourth-order valence-electron chi connectivity index (χ4n) is 1.81. The summed E-state index contributed by atoms with van der Waals surface area (Å²) in [5.74, 6) is 0. The van der Waals surface area contributed by atoms with E-state index in [9.17, 15) is 10.2 Å². The van der Waals surface area contributed by atoms with E-state index in [0.717, 1.165) is 18.5 Å². The van der Waals surface area contributed by atoms with Crippen LogP contribution in [0.3, 0.4) is 0 Å². The van der Waals surface area contributed by atoms with Gasteiger partial charge in [-0.25, -0.2) is 0 Å². The van der Waals surface area contributed by atoms with E-state index in [-0.39, 0.29) is 12.2 Å². The number of hydrogen-bond donors (Lipinski definition) is 2. The minimum absolute atomic E-state index is 0.352. The Balaban J connectivity index is 2.78. The van der Waals surface area contributed by atoms with Gasteiger partial charge in [-0.05, 0) is 31.9 Å². The first kappa shape index (κ1) is 15.0. The molecule has 1 aromatic rings. The lowest BCUT2D eigenvalue weighted by atomic mass is 10.1. The van der Waals surface area contributed by atoms with Crippen LogP contribution < -0.4 is 4.90 Å².